The standard InChI is InChI=1S/C28H46N4O3/c1-2-3-4-5-6-7-8-9-10-11-14-19-32-26(21-33)23(15-12-13-18-29)25-20-22(27(30)34)16-17-24(25)28(31)35/h16-17,20,23,32H,2-15,18-19,29H2,1H3,(H2,30,34)(H2,31,35). The number of carbonyl (C=O) groups excluding carboxylic acids is 3. The third-order valence-corrected chi connectivity index (χ3v) is 6.48. The fourth-order valence-electron chi connectivity index (χ4n) is 4.42. The van der Waals surface area contributed by atoms with E-state index in [4.69, 9.17) is 17.2 Å². The number of hydrogen-bond acceptors (Lipinski definition) is 5. The number of amides is 2. The normalized spacial score (nSPS) is 11.6. The van der Waals surface area contributed by atoms with Gasteiger partial charge in [-0.05, 0) is 49.6 Å². The summed E-state index contributed by atoms with van der Waals surface area (Å²) in [5, 5.41) is 3.23. The van der Waals surface area contributed by atoms with E-state index in [-0.39, 0.29) is 11.1 Å². The van der Waals surface area contributed by atoms with Crippen molar-refractivity contribution in [1.82, 2.24) is 5.32 Å². The first-order valence-corrected chi connectivity index (χ1v) is 13.4. The number of rotatable bonds is 21. The first-order valence-electron chi connectivity index (χ1n) is 13.4. The molecule has 0 heterocycles. The predicted molar refractivity (Wildman–Crippen MR) is 143 cm³/mol. The zero-order valence-electron chi connectivity index (χ0n) is 21.6. The van der Waals surface area contributed by atoms with Crippen molar-refractivity contribution in [1.29, 1.82) is 0 Å². The van der Waals surface area contributed by atoms with Crippen molar-refractivity contribution in [3.05, 3.63) is 40.6 Å². The molecule has 196 valence electrons. The van der Waals surface area contributed by atoms with Crippen LogP contribution in [0.25, 0.3) is 0 Å². The summed E-state index contributed by atoms with van der Waals surface area (Å²) in [6, 6.07) is 4.54. The molecule has 0 bridgehead atoms. The molecule has 1 atom stereocenters. The quantitative estimate of drug-likeness (QED) is 0.147. The van der Waals surface area contributed by atoms with Gasteiger partial charge in [-0.3, -0.25) is 9.59 Å². The minimum absolute atomic E-state index is 0.268. The highest BCUT2D eigenvalue weighted by atomic mass is 16.1. The predicted octanol–water partition coefficient (Wildman–Crippen LogP) is 4.71. The Kier molecular flexibility index (Phi) is 16.2. The molecule has 0 saturated heterocycles. The minimum atomic E-state index is -0.615. The molecule has 0 aliphatic carbocycles. The largest absolute Gasteiger partial charge is 0.379 e. The average Bonchev–Trinajstić information content (AvgIpc) is 2.85. The third kappa shape index (κ3) is 12.1. The number of nitrogens with two attached hydrogens (primary N) is 3. The lowest BCUT2D eigenvalue weighted by molar-refractivity contribution is 0.0987. The van der Waals surface area contributed by atoms with Crippen molar-refractivity contribution < 1.29 is 14.4 Å². The van der Waals surface area contributed by atoms with Gasteiger partial charge in [0.2, 0.25) is 11.8 Å². The minimum Gasteiger partial charge on any atom is -0.379 e. The summed E-state index contributed by atoms with van der Waals surface area (Å²) in [6.07, 6.45) is 15.9. The number of carbonyl (C=O) groups is 2. The number of unbranched alkanes of at least 4 members (excludes halogenated alkanes) is 11. The van der Waals surface area contributed by atoms with Crippen LogP contribution in [-0.4, -0.2) is 30.8 Å². The lowest BCUT2D eigenvalue weighted by Crippen LogP contribution is -2.25. The zero-order chi connectivity index (χ0) is 25.9. The first-order chi connectivity index (χ1) is 17.0. The van der Waals surface area contributed by atoms with Gasteiger partial charge in [-0.25, -0.2) is 4.79 Å². The molecule has 1 aromatic carbocycles. The molecule has 2 amide bonds. The summed E-state index contributed by atoms with van der Waals surface area (Å²) in [7, 11) is 0. The maximum absolute atomic E-state index is 12.1. The van der Waals surface area contributed by atoms with Gasteiger partial charge in [-0.15, -0.1) is 0 Å². The van der Waals surface area contributed by atoms with Crippen molar-refractivity contribution >= 4 is 17.8 Å². The van der Waals surface area contributed by atoms with Crippen LogP contribution in [-0.2, 0) is 4.79 Å². The summed E-state index contributed by atoms with van der Waals surface area (Å²) in [5.74, 6) is 0.383. The van der Waals surface area contributed by atoms with Gasteiger partial charge in [0.05, 0.1) is 0 Å². The van der Waals surface area contributed by atoms with E-state index in [1.54, 1.807) is 6.07 Å². The van der Waals surface area contributed by atoms with Crippen LogP contribution in [0.4, 0.5) is 0 Å². The summed E-state index contributed by atoms with van der Waals surface area (Å²) in [4.78, 5) is 35.8. The monoisotopic (exact) mass is 486 g/mol. The van der Waals surface area contributed by atoms with Gasteiger partial charge in [0, 0.05) is 23.6 Å². The molecule has 0 aromatic heterocycles. The summed E-state index contributed by atoms with van der Waals surface area (Å²) >= 11 is 0. The number of nitrogens with one attached hydrogen (secondary N) is 1. The van der Waals surface area contributed by atoms with Gasteiger partial charge in [-0.2, -0.15) is 0 Å². The number of allylic oxidation sites excluding steroid dienone is 1. The Morgan fingerprint density at radius 2 is 1.46 bits per heavy atom. The molecule has 1 unspecified atom stereocenters. The van der Waals surface area contributed by atoms with Crippen molar-refractivity contribution in [3.63, 3.8) is 0 Å². The van der Waals surface area contributed by atoms with Crippen LogP contribution in [0.1, 0.15) is 129 Å². The highest BCUT2D eigenvalue weighted by Crippen LogP contribution is 2.31. The van der Waals surface area contributed by atoms with E-state index in [1.165, 1.54) is 69.9 Å². The smallest absolute Gasteiger partial charge is 0.249 e. The summed E-state index contributed by atoms with van der Waals surface area (Å²) in [5.41, 5.74) is 18.1. The lowest BCUT2D eigenvalue weighted by atomic mass is 9.86. The molecule has 0 saturated carbocycles. The van der Waals surface area contributed by atoms with E-state index in [0.29, 0.717) is 30.8 Å². The van der Waals surface area contributed by atoms with Gasteiger partial charge in [0.1, 0.15) is 11.6 Å². The second-order valence-electron chi connectivity index (χ2n) is 9.35. The lowest BCUT2D eigenvalue weighted by Gasteiger charge is -2.22. The van der Waals surface area contributed by atoms with Gasteiger partial charge in [-0.1, -0.05) is 77.6 Å². The van der Waals surface area contributed by atoms with Crippen LogP contribution < -0.4 is 22.5 Å². The number of benzene rings is 1. The van der Waals surface area contributed by atoms with Gasteiger partial charge in [0.25, 0.3) is 0 Å². The topological polar surface area (TPSA) is 141 Å². The molecule has 0 spiro atoms. The Balaban J connectivity index is 2.67. The van der Waals surface area contributed by atoms with E-state index in [0.717, 1.165) is 25.7 Å². The molecular weight excluding hydrogens is 440 g/mol. The number of primary amides is 2. The zero-order valence-corrected chi connectivity index (χ0v) is 21.6. The van der Waals surface area contributed by atoms with Crippen molar-refractivity contribution in [2.24, 2.45) is 17.2 Å². The van der Waals surface area contributed by atoms with E-state index in [1.807, 2.05) is 5.94 Å². The number of hydrogen-bond donors (Lipinski definition) is 4. The Hall–Kier alpha value is -2.63. The maximum atomic E-state index is 12.1. The molecule has 7 N–H and O–H groups in total. The summed E-state index contributed by atoms with van der Waals surface area (Å²) < 4.78 is 0. The van der Waals surface area contributed by atoms with E-state index in [2.05, 4.69) is 12.2 Å². The molecule has 7 nitrogen and oxygen atoms in total. The Labute approximate surface area is 211 Å². The van der Waals surface area contributed by atoms with Crippen molar-refractivity contribution in [2.75, 3.05) is 13.1 Å². The fourth-order valence-corrected chi connectivity index (χ4v) is 4.42. The van der Waals surface area contributed by atoms with Crippen LogP contribution in [0.2, 0.25) is 0 Å². The Morgan fingerprint density at radius 1 is 0.857 bits per heavy atom. The molecule has 1 rings (SSSR count). The van der Waals surface area contributed by atoms with Crippen LogP contribution in [0.3, 0.4) is 0 Å². The van der Waals surface area contributed by atoms with Gasteiger partial charge < -0.3 is 22.5 Å². The van der Waals surface area contributed by atoms with Crippen LogP contribution in [0.5, 0.6) is 0 Å². The van der Waals surface area contributed by atoms with Gasteiger partial charge >= 0.3 is 0 Å². The van der Waals surface area contributed by atoms with Gasteiger partial charge in [0.15, 0.2) is 0 Å². The molecule has 0 aliphatic heterocycles. The average molecular weight is 487 g/mol. The third-order valence-electron chi connectivity index (χ3n) is 6.48. The Bertz CT molecular complexity index is 818. The van der Waals surface area contributed by atoms with Crippen molar-refractivity contribution in [2.45, 2.75) is 103 Å². The second-order valence-corrected chi connectivity index (χ2v) is 9.35. The second kappa shape index (κ2) is 18.7. The van der Waals surface area contributed by atoms with Crippen LogP contribution in [0.15, 0.2) is 23.9 Å². The molecule has 35 heavy (non-hydrogen) atoms. The van der Waals surface area contributed by atoms with E-state index in [9.17, 15) is 14.4 Å². The molecule has 0 fully saturated rings. The highest BCUT2D eigenvalue weighted by Gasteiger charge is 2.24. The fraction of sp³-hybridized carbons (Fsp3) is 0.643. The molecule has 1 aromatic rings. The van der Waals surface area contributed by atoms with Crippen molar-refractivity contribution in [3.8, 4) is 0 Å². The molecule has 7 heteroatoms. The summed E-state index contributed by atoms with van der Waals surface area (Å²) in [6.45, 7) is 3.42. The van der Waals surface area contributed by atoms with Crippen LogP contribution >= 0.6 is 0 Å². The maximum Gasteiger partial charge on any atom is 0.249 e. The highest BCUT2D eigenvalue weighted by molar-refractivity contribution is 5.98. The molecule has 0 aliphatic rings. The van der Waals surface area contributed by atoms with Crippen LogP contribution in [0, 0.1) is 0 Å². The van der Waals surface area contributed by atoms with E-state index >= 15 is 0 Å². The molecular formula is C28H46N4O3. The first kappa shape index (κ1) is 30.4. The van der Waals surface area contributed by atoms with E-state index < -0.39 is 17.7 Å². The Morgan fingerprint density at radius 3 is 1.97 bits per heavy atom. The SMILES string of the molecule is CCCCCCCCCCCCCNC(=C=O)C(CCCCN)c1cc(C(N)=O)ccc1C(N)=O. The molecule has 0 radical (unpaired) electrons.